The number of fused-ring (bicyclic) bond motifs is 2. The molecule has 10 nitrogen and oxygen atoms in total. The largest absolute Gasteiger partial charge is 0.395 e. The highest BCUT2D eigenvalue weighted by Gasteiger charge is 2.44. The summed E-state index contributed by atoms with van der Waals surface area (Å²) < 4.78 is 10.9. The van der Waals surface area contributed by atoms with Gasteiger partial charge in [0.05, 0.1) is 31.6 Å². The summed E-state index contributed by atoms with van der Waals surface area (Å²) in [6, 6.07) is 8.72. The fourth-order valence-electron chi connectivity index (χ4n) is 6.08. The Labute approximate surface area is 226 Å². The molecule has 1 saturated carbocycles. The Bertz CT molecular complexity index is 1320. The Hall–Kier alpha value is -2.89. The number of anilines is 3. The minimum absolute atomic E-state index is 0.150. The molecule has 2 unspecified atom stereocenters. The van der Waals surface area contributed by atoms with Gasteiger partial charge in [-0.2, -0.15) is 4.98 Å². The molecule has 3 saturated heterocycles. The highest BCUT2D eigenvalue weighted by molar-refractivity contribution is 8.00. The maximum atomic E-state index is 9.17. The van der Waals surface area contributed by atoms with Crippen LogP contribution in [0.4, 0.5) is 17.3 Å². The van der Waals surface area contributed by atoms with Crippen LogP contribution in [0.15, 0.2) is 30.5 Å². The first-order chi connectivity index (χ1) is 18.6. The van der Waals surface area contributed by atoms with Crippen molar-refractivity contribution in [2.75, 3.05) is 53.1 Å². The molecule has 200 valence electrons. The van der Waals surface area contributed by atoms with E-state index in [0.29, 0.717) is 17.2 Å². The molecule has 2 N–H and O–H groups in total. The number of aromatic nitrogens is 5. The summed E-state index contributed by atoms with van der Waals surface area (Å²) in [4.78, 5) is 14.4. The van der Waals surface area contributed by atoms with Crippen LogP contribution in [0, 0.1) is 12.3 Å². The zero-order valence-corrected chi connectivity index (χ0v) is 22.5. The molecule has 0 radical (unpaired) electrons. The van der Waals surface area contributed by atoms with E-state index < -0.39 is 0 Å². The summed E-state index contributed by atoms with van der Waals surface area (Å²) in [6.07, 6.45) is 8.58. The molecule has 0 amide bonds. The normalized spacial score (nSPS) is 23.4. The van der Waals surface area contributed by atoms with Gasteiger partial charge in [0, 0.05) is 54.1 Å². The minimum Gasteiger partial charge on any atom is -0.395 e. The Morgan fingerprint density at radius 1 is 1.16 bits per heavy atom. The number of nitrogens with zero attached hydrogens (tertiary/aromatic N) is 7. The van der Waals surface area contributed by atoms with Crippen LogP contribution in [0.1, 0.15) is 37.8 Å². The number of ether oxygens (including phenoxy) is 1. The van der Waals surface area contributed by atoms with Gasteiger partial charge in [0.15, 0.2) is 5.82 Å². The molecule has 1 spiro atoms. The minimum atomic E-state index is 0.150. The van der Waals surface area contributed by atoms with E-state index in [9.17, 15) is 0 Å². The Morgan fingerprint density at radius 2 is 2.03 bits per heavy atom. The zero-order chi connectivity index (χ0) is 25.7. The molecule has 2 aromatic heterocycles. The van der Waals surface area contributed by atoms with E-state index in [2.05, 4.69) is 43.0 Å². The molecule has 38 heavy (non-hydrogen) atoms. The average molecular weight is 535 g/mol. The first-order valence-electron chi connectivity index (χ1n) is 13.6. The summed E-state index contributed by atoms with van der Waals surface area (Å²) >= 11 is 1.52. The fraction of sp³-hybridized carbons (Fsp3) is 0.556. The lowest BCUT2D eigenvalue weighted by Gasteiger charge is -2.35. The summed E-state index contributed by atoms with van der Waals surface area (Å²) in [5.41, 5.74) is 5.62. The van der Waals surface area contributed by atoms with Crippen molar-refractivity contribution in [1.82, 2.24) is 25.0 Å². The van der Waals surface area contributed by atoms with Crippen molar-refractivity contribution in [3.05, 3.63) is 36.2 Å². The Morgan fingerprint density at radius 3 is 2.76 bits per heavy atom. The molecule has 11 heteroatoms. The maximum Gasteiger partial charge on any atom is 0.228 e. The van der Waals surface area contributed by atoms with E-state index in [1.165, 1.54) is 43.3 Å². The van der Waals surface area contributed by atoms with Gasteiger partial charge in [-0.05, 0) is 62.6 Å². The standard InChI is InChI=1S/C27H34N8O2S/c1-18-12-25(29-26(28-18)34-15-21-14-20(34)17-37-21)35-16-23(30-32-35)22-3-2-19(31-38-11-10-36)13-24(22)33-8-6-27(4-5-27)7-9-33/h2-3,12-13,16,20-21,31,36H,4-11,14-15,17H2,1H3. The smallest absolute Gasteiger partial charge is 0.228 e. The third-order valence-corrected chi connectivity index (χ3v) is 9.26. The summed E-state index contributed by atoms with van der Waals surface area (Å²) in [7, 11) is 0. The lowest BCUT2D eigenvalue weighted by Crippen LogP contribution is -2.38. The molecule has 4 aliphatic rings. The monoisotopic (exact) mass is 534 g/mol. The van der Waals surface area contributed by atoms with Crippen LogP contribution < -0.4 is 14.5 Å². The molecule has 2 bridgehead atoms. The number of hydrogen-bond acceptors (Lipinski definition) is 10. The van der Waals surface area contributed by atoms with Gasteiger partial charge in [0.25, 0.3) is 0 Å². The summed E-state index contributed by atoms with van der Waals surface area (Å²) in [5, 5.41) is 18.2. The van der Waals surface area contributed by atoms with Gasteiger partial charge in [-0.1, -0.05) is 17.2 Å². The molecule has 1 aromatic carbocycles. The molecule has 7 rings (SSSR count). The number of aliphatic hydroxyl groups excluding tert-OH is 1. The van der Waals surface area contributed by atoms with Crippen LogP contribution in [-0.2, 0) is 4.74 Å². The molecule has 1 aliphatic carbocycles. The molecular formula is C27H34N8O2S. The van der Waals surface area contributed by atoms with Crippen molar-refractivity contribution in [3.63, 3.8) is 0 Å². The highest BCUT2D eigenvalue weighted by atomic mass is 32.2. The van der Waals surface area contributed by atoms with Gasteiger partial charge < -0.3 is 24.4 Å². The van der Waals surface area contributed by atoms with Crippen molar-refractivity contribution in [2.24, 2.45) is 5.41 Å². The van der Waals surface area contributed by atoms with Gasteiger partial charge in [0.2, 0.25) is 5.95 Å². The van der Waals surface area contributed by atoms with Crippen molar-refractivity contribution in [2.45, 2.75) is 51.2 Å². The number of morpholine rings is 1. The van der Waals surface area contributed by atoms with Crippen LogP contribution >= 0.6 is 11.9 Å². The fourth-order valence-corrected chi connectivity index (χ4v) is 6.57. The maximum absolute atomic E-state index is 9.17. The van der Waals surface area contributed by atoms with Crippen molar-refractivity contribution >= 4 is 29.3 Å². The lowest BCUT2D eigenvalue weighted by atomic mass is 9.93. The van der Waals surface area contributed by atoms with E-state index in [-0.39, 0.29) is 12.7 Å². The van der Waals surface area contributed by atoms with Crippen molar-refractivity contribution < 1.29 is 9.84 Å². The number of aliphatic hydroxyl groups is 1. The van der Waals surface area contributed by atoms with Crippen LogP contribution in [-0.4, -0.2) is 80.8 Å². The second-order valence-corrected chi connectivity index (χ2v) is 12.0. The number of rotatable bonds is 8. The number of nitrogens with one attached hydrogen (secondary N) is 1. The molecule has 5 heterocycles. The number of hydrogen-bond donors (Lipinski definition) is 2. The van der Waals surface area contributed by atoms with Gasteiger partial charge in [-0.25, -0.2) is 9.67 Å². The van der Waals surface area contributed by atoms with Crippen LogP contribution in [0.5, 0.6) is 0 Å². The topological polar surface area (TPSA) is 104 Å². The predicted octanol–water partition coefficient (Wildman–Crippen LogP) is 3.44. The van der Waals surface area contributed by atoms with E-state index in [0.717, 1.165) is 67.1 Å². The molecule has 3 aliphatic heterocycles. The molecule has 4 fully saturated rings. The van der Waals surface area contributed by atoms with E-state index in [1.54, 1.807) is 4.68 Å². The van der Waals surface area contributed by atoms with Crippen molar-refractivity contribution in [1.29, 1.82) is 0 Å². The van der Waals surface area contributed by atoms with E-state index >= 15 is 0 Å². The molecule has 2 atom stereocenters. The molecule has 3 aromatic rings. The Balaban J connectivity index is 1.18. The van der Waals surface area contributed by atoms with Gasteiger partial charge >= 0.3 is 0 Å². The first kappa shape index (κ1) is 24.2. The second kappa shape index (κ2) is 9.69. The quantitative estimate of drug-likeness (QED) is 0.330. The van der Waals surface area contributed by atoms with Gasteiger partial charge in [-0.15, -0.1) is 5.10 Å². The predicted molar refractivity (Wildman–Crippen MR) is 149 cm³/mol. The number of benzene rings is 1. The van der Waals surface area contributed by atoms with Crippen LogP contribution in [0.25, 0.3) is 17.1 Å². The number of piperidine rings is 1. The molecular weight excluding hydrogens is 500 g/mol. The first-order valence-corrected chi connectivity index (χ1v) is 14.6. The second-order valence-electron chi connectivity index (χ2n) is 11.1. The third kappa shape index (κ3) is 4.60. The van der Waals surface area contributed by atoms with E-state index in [4.69, 9.17) is 19.8 Å². The van der Waals surface area contributed by atoms with Gasteiger partial charge in [-0.3, -0.25) is 0 Å². The van der Waals surface area contributed by atoms with Crippen LogP contribution in [0.3, 0.4) is 0 Å². The Kier molecular flexibility index (Phi) is 6.17. The highest BCUT2D eigenvalue weighted by Crippen LogP contribution is 2.54. The zero-order valence-electron chi connectivity index (χ0n) is 21.7. The summed E-state index contributed by atoms with van der Waals surface area (Å²) in [6.45, 7) is 5.85. The van der Waals surface area contributed by atoms with Crippen molar-refractivity contribution in [3.8, 4) is 17.1 Å². The average Bonchev–Trinajstić information content (AvgIpc) is 3.32. The van der Waals surface area contributed by atoms with Crippen LogP contribution in [0.2, 0.25) is 0 Å². The van der Waals surface area contributed by atoms with E-state index in [1.807, 2.05) is 19.2 Å². The van der Waals surface area contributed by atoms with Gasteiger partial charge in [0.1, 0.15) is 5.69 Å². The SMILES string of the molecule is Cc1cc(-n2cc(-c3ccc(NSCCO)cc3N3CCC4(CC3)CC4)nn2)nc(N2CC3CC2CO3)n1. The summed E-state index contributed by atoms with van der Waals surface area (Å²) in [5.74, 6) is 2.11. The third-order valence-electron chi connectivity index (χ3n) is 8.49. The lowest BCUT2D eigenvalue weighted by molar-refractivity contribution is 0.0986. The number of aryl methyl sites for hydroxylation is 1.